The van der Waals surface area contributed by atoms with Crippen LogP contribution in [-0.4, -0.2) is 108 Å². The first-order valence-corrected chi connectivity index (χ1v) is 15.6. The molecule has 0 rings (SSSR count). The fourth-order valence-electron chi connectivity index (χ4n) is 5.40. The molecule has 0 aliphatic rings. The minimum atomic E-state index is -1.78. The van der Waals surface area contributed by atoms with Gasteiger partial charge in [-0.25, -0.2) is 0 Å². The predicted molar refractivity (Wildman–Crippen MR) is 165 cm³/mol. The van der Waals surface area contributed by atoms with Crippen LogP contribution in [0.5, 0.6) is 0 Å². The van der Waals surface area contributed by atoms with E-state index in [4.69, 9.17) is 10.2 Å². The van der Waals surface area contributed by atoms with Crippen molar-refractivity contribution in [2.45, 2.75) is 84.0 Å². The molecule has 284 valence electrons. The summed E-state index contributed by atoms with van der Waals surface area (Å²) in [6.45, 7) is 1.49. The van der Waals surface area contributed by atoms with Crippen LogP contribution in [0.15, 0.2) is 0 Å². The Balaban J connectivity index is 6.28. The van der Waals surface area contributed by atoms with E-state index in [9.17, 15) is 78.0 Å². The number of carboxylic acids is 6. The Kier molecular flexibility index (Phi) is 20.0. The molecule has 0 aliphatic heterocycles. The van der Waals surface area contributed by atoms with Gasteiger partial charge >= 0.3 is 41.8 Å². The minimum Gasteiger partial charge on any atom is -0.481 e. The van der Waals surface area contributed by atoms with Gasteiger partial charge in [0.25, 0.3) is 0 Å². The Bertz CT molecular complexity index is 1380. The number of methoxy groups -OCH3 is 1. The zero-order chi connectivity index (χ0) is 39.6. The smallest absolute Gasteiger partial charge is 0.309 e. The number of carbonyl (C=O) groups is 12. The Morgan fingerprint density at radius 1 is 0.353 bits per heavy atom. The Hall–Kier alpha value is -5.36. The molecule has 0 aliphatic carbocycles. The number of Topliss-reactive ketones (excluding diaryl/α,β-unsaturated/α-hetero) is 5. The Labute approximate surface area is 290 Å². The van der Waals surface area contributed by atoms with Crippen molar-refractivity contribution in [1.82, 2.24) is 0 Å². The molecular formula is C32H42O19. The van der Waals surface area contributed by atoms with E-state index < -0.39 is 177 Å². The average molecular weight is 731 g/mol. The summed E-state index contributed by atoms with van der Waals surface area (Å²) in [5, 5.41) is 55.6. The topological polar surface area (TPSA) is 335 Å². The number of ether oxygens (including phenoxy) is 1. The van der Waals surface area contributed by atoms with Crippen LogP contribution in [-0.2, 0) is 62.3 Å². The number of rotatable bonds is 29. The van der Waals surface area contributed by atoms with Crippen molar-refractivity contribution in [2.75, 3.05) is 7.11 Å². The van der Waals surface area contributed by atoms with E-state index in [-0.39, 0.29) is 6.42 Å². The maximum absolute atomic E-state index is 13.3. The largest absolute Gasteiger partial charge is 0.481 e. The summed E-state index contributed by atoms with van der Waals surface area (Å²) in [6, 6.07) is 0. The third-order valence-electron chi connectivity index (χ3n) is 8.07. The lowest BCUT2D eigenvalue weighted by Gasteiger charge is -2.22. The average Bonchev–Trinajstić information content (AvgIpc) is 2.99. The number of hydrogen-bond acceptors (Lipinski definition) is 13. The van der Waals surface area contributed by atoms with Crippen LogP contribution >= 0.6 is 0 Å². The van der Waals surface area contributed by atoms with Crippen molar-refractivity contribution in [3.63, 3.8) is 0 Å². The molecular weight excluding hydrogens is 688 g/mol. The molecule has 0 aromatic carbocycles. The van der Waals surface area contributed by atoms with Gasteiger partial charge in [-0.3, -0.25) is 57.5 Å². The quantitative estimate of drug-likeness (QED) is 0.0582. The third-order valence-corrected chi connectivity index (χ3v) is 8.07. The van der Waals surface area contributed by atoms with Gasteiger partial charge in [-0.2, -0.15) is 0 Å². The first-order valence-electron chi connectivity index (χ1n) is 15.6. The van der Waals surface area contributed by atoms with Gasteiger partial charge in [0.1, 0.15) is 28.9 Å². The molecule has 0 aromatic rings. The molecule has 0 fully saturated rings. The second-order valence-corrected chi connectivity index (χ2v) is 12.1. The van der Waals surface area contributed by atoms with Crippen molar-refractivity contribution >= 4 is 70.7 Å². The molecule has 0 spiro atoms. The van der Waals surface area contributed by atoms with E-state index in [1.807, 2.05) is 0 Å². The van der Waals surface area contributed by atoms with Crippen LogP contribution in [0.25, 0.3) is 0 Å². The van der Waals surface area contributed by atoms with Crippen LogP contribution in [0.2, 0.25) is 0 Å². The number of hydrogen-bond donors (Lipinski definition) is 6. The summed E-state index contributed by atoms with van der Waals surface area (Å²) in [7, 11) is 0.911. The van der Waals surface area contributed by atoms with Crippen LogP contribution in [0.3, 0.4) is 0 Å². The van der Waals surface area contributed by atoms with Crippen LogP contribution in [0.4, 0.5) is 0 Å². The van der Waals surface area contributed by atoms with Crippen molar-refractivity contribution in [3.05, 3.63) is 0 Å². The van der Waals surface area contributed by atoms with E-state index in [0.29, 0.717) is 0 Å². The van der Waals surface area contributed by atoms with E-state index in [0.717, 1.165) is 7.11 Å². The van der Waals surface area contributed by atoms with Gasteiger partial charge < -0.3 is 35.4 Å². The highest BCUT2D eigenvalue weighted by Crippen LogP contribution is 2.27. The first-order chi connectivity index (χ1) is 23.6. The van der Waals surface area contributed by atoms with Crippen molar-refractivity contribution in [3.8, 4) is 0 Å². The van der Waals surface area contributed by atoms with E-state index in [1.54, 1.807) is 0 Å². The van der Waals surface area contributed by atoms with Gasteiger partial charge in [0.15, 0.2) is 0 Å². The molecule has 6 atom stereocenters. The van der Waals surface area contributed by atoms with Gasteiger partial charge in [-0.05, 0) is 6.42 Å². The van der Waals surface area contributed by atoms with Crippen molar-refractivity contribution in [1.29, 1.82) is 0 Å². The zero-order valence-corrected chi connectivity index (χ0v) is 27.9. The summed E-state index contributed by atoms with van der Waals surface area (Å²) in [6.07, 6.45) is -9.98. The number of esters is 1. The second-order valence-electron chi connectivity index (χ2n) is 12.1. The maximum atomic E-state index is 13.3. The van der Waals surface area contributed by atoms with Gasteiger partial charge in [-0.15, -0.1) is 0 Å². The van der Waals surface area contributed by atoms with Crippen LogP contribution in [0, 0.1) is 35.5 Å². The lowest BCUT2D eigenvalue weighted by atomic mass is 9.79. The Morgan fingerprint density at radius 3 is 0.765 bits per heavy atom. The van der Waals surface area contributed by atoms with E-state index in [2.05, 4.69) is 4.74 Å². The summed E-state index contributed by atoms with van der Waals surface area (Å²) in [5.41, 5.74) is 0. The maximum Gasteiger partial charge on any atom is 0.309 e. The standard InChI is InChI=1S/C32H42O19/c1-3-15(9-26(38)39)21(33)4-16(10-27(40)41)22(34)5-17(11-28(42)43)23(35)6-18(12-29(44)45)24(36)7-19(13-30(46)47)25(37)8-20(14-31(48)49)32(50)51-2/h15-20H,3-14H2,1-2H3,(H,38,39)(H,40,41)(H,42,43)(H,44,45)(H,46,47)(H,48,49). The first kappa shape index (κ1) is 45.6. The fourth-order valence-corrected chi connectivity index (χ4v) is 5.40. The highest BCUT2D eigenvalue weighted by Gasteiger charge is 2.37. The molecule has 6 unspecified atom stereocenters. The number of ketones is 5. The SMILES string of the molecule is CCC(CC(=O)O)C(=O)CC(CC(=O)O)C(=O)CC(CC(=O)O)C(=O)CC(CC(=O)O)C(=O)CC(CC(=O)O)C(=O)CC(CC(=O)O)C(=O)OC. The fraction of sp³-hybridized carbons (Fsp3) is 0.625. The van der Waals surface area contributed by atoms with Crippen LogP contribution in [0.1, 0.15) is 84.0 Å². The number of carbonyl (C=O) groups excluding carboxylic acids is 6. The van der Waals surface area contributed by atoms with E-state index >= 15 is 0 Å². The predicted octanol–water partition coefficient (Wildman–Crippen LogP) is 0.911. The summed E-state index contributed by atoms with van der Waals surface area (Å²) < 4.78 is 4.47. The van der Waals surface area contributed by atoms with Gasteiger partial charge in [-0.1, -0.05) is 6.92 Å². The molecule has 0 aromatic heterocycles. The number of carboxylic acid groups (broad SMARTS) is 6. The zero-order valence-electron chi connectivity index (χ0n) is 27.9. The normalized spacial score (nSPS) is 14.4. The summed E-state index contributed by atoms with van der Waals surface area (Å²) in [4.78, 5) is 146. The summed E-state index contributed by atoms with van der Waals surface area (Å²) >= 11 is 0. The lowest BCUT2D eigenvalue weighted by Crippen LogP contribution is -2.33. The van der Waals surface area contributed by atoms with Crippen molar-refractivity contribution in [2.24, 2.45) is 35.5 Å². The second kappa shape index (κ2) is 22.4. The molecule has 0 bridgehead atoms. The minimum absolute atomic E-state index is 0.0470. The van der Waals surface area contributed by atoms with Crippen molar-refractivity contribution < 1.29 is 92.9 Å². The molecule has 19 nitrogen and oxygen atoms in total. The van der Waals surface area contributed by atoms with E-state index in [1.165, 1.54) is 6.92 Å². The molecule has 0 heterocycles. The third kappa shape index (κ3) is 18.3. The molecule has 6 N–H and O–H groups in total. The lowest BCUT2D eigenvalue weighted by molar-refractivity contribution is -0.152. The highest BCUT2D eigenvalue weighted by atomic mass is 16.5. The van der Waals surface area contributed by atoms with Gasteiger partial charge in [0.2, 0.25) is 0 Å². The monoisotopic (exact) mass is 730 g/mol. The molecule has 0 saturated carbocycles. The Morgan fingerprint density at radius 2 is 0.549 bits per heavy atom. The molecule has 51 heavy (non-hydrogen) atoms. The van der Waals surface area contributed by atoms with Gasteiger partial charge in [0.05, 0.1) is 51.6 Å². The molecule has 0 saturated heterocycles. The number of aliphatic carboxylic acids is 6. The highest BCUT2D eigenvalue weighted by molar-refractivity contribution is 5.99. The van der Waals surface area contributed by atoms with Gasteiger partial charge in [0, 0.05) is 61.7 Å². The summed E-state index contributed by atoms with van der Waals surface area (Å²) in [5.74, 6) is -24.8. The molecule has 0 amide bonds. The molecule has 0 radical (unpaired) electrons. The molecule has 19 heteroatoms. The van der Waals surface area contributed by atoms with Crippen LogP contribution < -0.4 is 0 Å².